The number of fused-ring (bicyclic) bond motifs is 1. The highest BCUT2D eigenvalue weighted by Crippen LogP contribution is 2.26. The number of nitrogens with two attached hydrogens (primary N) is 1. The Kier molecular flexibility index (Phi) is 5.31. The summed E-state index contributed by atoms with van der Waals surface area (Å²) in [6.45, 7) is 4.01. The highest BCUT2D eigenvalue weighted by molar-refractivity contribution is 5.99. The van der Waals surface area contributed by atoms with E-state index in [2.05, 4.69) is 25.6 Å². The average molecular weight is 379 g/mol. The van der Waals surface area contributed by atoms with Gasteiger partial charge in [0, 0.05) is 11.9 Å². The maximum Gasteiger partial charge on any atom is 0.253 e. The molecule has 0 saturated heterocycles. The number of nitrogen functional groups attached to an aromatic ring is 1. The molecule has 3 aromatic rings. The van der Waals surface area contributed by atoms with Crippen LogP contribution in [-0.4, -0.2) is 27.4 Å². The number of carbonyl (C=O) groups excluding carboxylic acids is 1. The Morgan fingerprint density at radius 2 is 2.14 bits per heavy atom. The summed E-state index contributed by atoms with van der Waals surface area (Å²) < 4.78 is 13.6. The van der Waals surface area contributed by atoms with E-state index >= 15 is 0 Å². The number of anilines is 2. The van der Waals surface area contributed by atoms with E-state index in [0.717, 1.165) is 0 Å². The van der Waals surface area contributed by atoms with Crippen LogP contribution < -0.4 is 16.4 Å². The van der Waals surface area contributed by atoms with Crippen LogP contribution in [0.15, 0.2) is 30.6 Å². The van der Waals surface area contributed by atoms with Gasteiger partial charge >= 0.3 is 0 Å². The number of nitrogens with one attached hydrogen (secondary N) is 2. The lowest BCUT2D eigenvalue weighted by Crippen LogP contribution is -2.26. The third kappa shape index (κ3) is 3.66. The maximum atomic E-state index is 13.6. The number of amides is 1. The van der Waals surface area contributed by atoms with E-state index in [4.69, 9.17) is 5.73 Å². The molecule has 8 nitrogen and oxygen atoms in total. The first-order valence-corrected chi connectivity index (χ1v) is 8.60. The van der Waals surface area contributed by atoms with Gasteiger partial charge in [-0.3, -0.25) is 4.79 Å². The van der Waals surface area contributed by atoms with Crippen molar-refractivity contribution in [3.63, 3.8) is 0 Å². The second kappa shape index (κ2) is 7.84. The third-order valence-corrected chi connectivity index (χ3v) is 4.14. The van der Waals surface area contributed by atoms with E-state index in [1.54, 1.807) is 26.0 Å². The zero-order valence-corrected chi connectivity index (χ0v) is 15.3. The Labute approximate surface area is 160 Å². The number of aromatic nitrogens is 3. The van der Waals surface area contributed by atoms with Crippen molar-refractivity contribution >= 4 is 28.4 Å². The molecular formula is C19H18FN7O. The van der Waals surface area contributed by atoms with E-state index in [-0.39, 0.29) is 23.1 Å². The van der Waals surface area contributed by atoms with Crippen LogP contribution in [0.1, 0.15) is 41.5 Å². The first-order valence-electron chi connectivity index (χ1n) is 8.60. The predicted octanol–water partition coefficient (Wildman–Crippen LogP) is 2.54. The molecule has 1 amide bonds. The van der Waals surface area contributed by atoms with E-state index in [1.807, 2.05) is 6.07 Å². The molecule has 142 valence electrons. The van der Waals surface area contributed by atoms with Crippen LogP contribution >= 0.6 is 0 Å². The standard InChI is InChI=1S/C19H18FN7O/c1-3-23-19(28)13-7-11-6-12(20)4-5-15(11)27-16(13)10(2)26-18-14(8-21)17(22)24-9-25-18/h4-7,9-10H,3H2,1-2H3,(H,23,28)(H3,22,24,25,26). The molecule has 1 unspecified atom stereocenters. The van der Waals surface area contributed by atoms with Crippen molar-refractivity contribution in [3.05, 3.63) is 53.2 Å². The number of hydrogen-bond donors (Lipinski definition) is 3. The van der Waals surface area contributed by atoms with E-state index < -0.39 is 11.9 Å². The van der Waals surface area contributed by atoms with E-state index in [9.17, 15) is 14.4 Å². The molecule has 2 heterocycles. The molecule has 2 aromatic heterocycles. The smallest absolute Gasteiger partial charge is 0.253 e. The van der Waals surface area contributed by atoms with Crippen molar-refractivity contribution in [2.24, 2.45) is 0 Å². The Balaban J connectivity index is 2.08. The van der Waals surface area contributed by atoms with Gasteiger partial charge in [0.05, 0.1) is 22.8 Å². The van der Waals surface area contributed by atoms with Crippen LogP contribution in [0.3, 0.4) is 0 Å². The lowest BCUT2D eigenvalue weighted by Gasteiger charge is -2.19. The van der Waals surface area contributed by atoms with Crippen LogP contribution in [0.5, 0.6) is 0 Å². The highest BCUT2D eigenvalue weighted by Gasteiger charge is 2.21. The normalized spacial score (nSPS) is 11.6. The van der Waals surface area contributed by atoms with Gasteiger partial charge in [0.2, 0.25) is 0 Å². The summed E-state index contributed by atoms with van der Waals surface area (Å²) in [4.78, 5) is 25.0. The third-order valence-electron chi connectivity index (χ3n) is 4.14. The molecule has 0 radical (unpaired) electrons. The molecule has 0 aliphatic heterocycles. The molecule has 1 atom stereocenters. The number of hydrogen-bond acceptors (Lipinski definition) is 7. The van der Waals surface area contributed by atoms with Gasteiger partial charge < -0.3 is 16.4 Å². The first kappa shape index (κ1) is 19.0. The van der Waals surface area contributed by atoms with Crippen LogP contribution in [-0.2, 0) is 0 Å². The Morgan fingerprint density at radius 1 is 1.36 bits per heavy atom. The summed E-state index contributed by atoms with van der Waals surface area (Å²) in [7, 11) is 0. The van der Waals surface area contributed by atoms with Crippen LogP contribution in [0, 0.1) is 17.1 Å². The number of pyridine rings is 1. The molecule has 0 aliphatic carbocycles. The summed E-state index contributed by atoms with van der Waals surface area (Å²) >= 11 is 0. The number of halogens is 1. The van der Waals surface area contributed by atoms with Gasteiger partial charge in [0.15, 0.2) is 0 Å². The fourth-order valence-electron chi connectivity index (χ4n) is 2.82. The van der Waals surface area contributed by atoms with Crippen molar-refractivity contribution in [1.82, 2.24) is 20.3 Å². The number of nitriles is 1. The number of carbonyl (C=O) groups is 1. The van der Waals surface area contributed by atoms with Gasteiger partial charge in [0.25, 0.3) is 5.91 Å². The Morgan fingerprint density at radius 3 is 2.86 bits per heavy atom. The van der Waals surface area contributed by atoms with E-state index in [0.29, 0.717) is 28.7 Å². The molecule has 0 spiro atoms. The second-order valence-corrected chi connectivity index (χ2v) is 6.08. The molecule has 0 bridgehead atoms. The molecule has 0 fully saturated rings. The monoisotopic (exact) mass is 379 g/mol. The lowest BCUT2D eigenvalue weighted by atomic mass is 10.0. The van der Waals surface area contributed by atoms with Crippen LogP contribution in [0.25, 0.3) is 10.9 Å². The van der Waals surface area contributed by atoms with Crippen LogP contribution in [0.4, 0.5) is 16.0 Å². The highest BCUT2D eigenvalue weighted by atomic mass is 19.1. The van der Waals surface area contributed by atoms with Gasteiger partial charge in [0.1, 0.15) is 35.4 Å². The summed E-state index contributed by atoms with van der Waals surface area (Å²) in [6.07, 6.45) is 1.24. The minimum atomic E-state index is -0.492. The summed E-state index contributed by atoms with van der Waals surface area (Å²) in [5, 5.41) is 15.6. The lowest BCUT2D eigenvalue weighted by molar-refractivity contribution is 0.0954. The summed E-state index contributed by atoms with van der Waals surface area (Å²) in [5.41, 5.74) is 7.12. The predicted molar refractivity (Wildman–Crippen MR) is 103 cm³/mol. The van der Waals surface area contributed by atoms with Gasteiger partial charge in [-0.25, -0.2) is 19.3 Å². The Bertz CT molecular complexity index is 1090. The molecular weight excluding hydrogens is 361 g/mol. The Hall–Kier alpha value is -3.80. The number of benzene rings is 1. The largest absolute Gasteiger partial charge is 0.382 e. The summed E-state index contributed by atoms with van der Waals surface area (Å²) in [6, 6.07) is 7.25. The zero-order valence-electron chi connectivity index (χ0n) is 15.3. The SMILES string of the molecule is CCNC(=O)c1cc2cc(F)ccc2nc1C(C)Nc1ncnc(N)c1C#N. The van der Waals surface area contributed by atoms with Crippen molar-refractivity contribution in [2.45, 2.75) is 19.9 Å². The van der Waals surface area contributed by atoms with Gasteiger partial charge in [-0.05, 0) is 38.1 Å². The minimum Gasteiger partial charge on any atom is -0.382 e. The van der Waals surface area contributed by atoms with Crippen molar-refractivity contribution in [2.75, 3.05) is 17.6 Å². The van der Waals surface area contributed by atoms with Crippen molar-refractivity contribution < 1.29 is 9.18 Å². The molecule has 9 heteroatoms. The van der Waals surface area contributed by atoms with Gasteiger partial charge in [-0.1, -0.05) is 0 Å². The maximum absolute atomic E-state index is 13.6. The topological polar surface area (TPSA) is 130 Å². The van der Waals surface area contributed by atoms with Gasteiger partial charge in [-0.15, -0.1) is 0 Å². The molecule has 4 N–H and O–H groups in total. The molecule has 0 aliphatic rings. The number of nitrogens with zero attached hydrogens (tertiary/aromatic N) is 4. The van der Waals surface area contributed by atoms with Crippen molar-refractivity contribution in [1.29, 1.82) is 5.26 Å². The summed E-state index contributed by atoms with van der Waals surface area (Å²) in [5.74, 6) is -0.443. The number of rotatable bonds is 5. The molecule has 3 rings (SSSR count). The molecule has 0 saturated carbocycles. The van der Waals surface area contributed by atoms with Gasteiger partial charge in [-0.2, -0.15) is 5.26 Å². The fraction of sp³-hybridized carbons (Fsp3) is 0.211. The van der Waals surface area contributed by atoms with Crippen molar-refractivity contribution in [3.8, 4) is 6.07 Å². The quantitative estimate of drug-likeness (QED) is 0.621. The minimum absolute atomic E-state index is 0.0538. The molecule has 1 aromatic carbocycles. The average Bonchev–Trinajstić information content (AvgIpc) is 2.67. The fourth-order valence-corrected chi connectivity index (χ4v) is 2.82. The first-order chi connectivity index (χ1) is 13.4. The second-order valence-electron chi connectivity index (χ2n) is 6.08. The van der Waals surface area contributed by atoms with E-state index in [1.165, 1.54) is 18.5 Å². The van der Waals surface area contributed by atoms with Crippen LogP contribution in [0.2, 0.25) is 0 Å². The zero-order chi connectivity index (χ0) is 20.3. The molecule has 28 heavy (non-hydrogen) atoms.